The van der Waals surface area contributed by atoms with Crippen LogP contribution in [0.4, 0.5) is 5.69 Å². The predicted octanol–water partition coefficient (Wildman–Crippen LogP) is 4.24. The molecule has 1 aliphatic heterocycles. The molecule has 0 saturated carbocycles. The zero-order chi connectivity index (χ0) is 13.8. The van der Waals surface area contributed by atoms with Crippen molar-refractivity contribution in [3.8, 4) is 0 Å². The summed E-state index contributed by atoms with van der Waals surface area (Å²) < 4.78 is 0.998. The van der Waals surface area contributed by atoms with Crippen LogP contribution in [0.15, 0.2) is 22.7 Å². The number of anilines is 1. The zero-order valence-electron chi connectivity index (χ0n) is 11.4. The summed E-state index contributed by atoms with van der Waals surface area (Å²) in [6.07, 6.45) is 6.46. The minimum atomic E-state index is 0.446. The molecule has 0 aromatic heterocycles. The molecular formula is C15H21BrN2S. The number of halogens is 1. The average molecular weight is 341 g/mol. The molecule has 2 N–H and O–H groups in total. The normalized spacial score (nSPS) is 19.5. The fraction of sp³-hybridized carbons (Fsp3) is 0.533. The van der Waals surface area contributed by atoms with Gasteiger partial charge in [0, 0.05) is 28.3 Å². The maximum absolute atomic E-state index is 5.71. The van der Waals surface area contributed by atoms with E-state index >= 15 is 0 Å². The summed E-state index contributed by atoms with van der Waals surface area (Å²) in [5, 5.41) is 0. The van der Waals surface area contributed by atoms with E-state index < -0.39 is 0 Å². The van der Waals surface area contributed by atoms with Gasteiger partial charge in [0.1, 0.15) is 4.99 Å². The zero-order valence-corrected chi connectivity index (χ0v) is 13.8. The molecule has 104 valence electrons. The second kappa shape index (κ2) is 6.71. The van der Waals surface area contributed by atoms with Crippen molar-refractivity contribution < 1.29 is 0 Å². The lowest BCUT2D eigenvalue weighted by Gasteiger charge is -2.38. The third-order valence-electron chi connectivity index (χ3n) is 3.80. The Labute approximate surface area is 129 Å². The number of nitrogens with two attached hydrogens (primary N) is 1. The molecule has 0 spiro atoms. The first-order valence-corrected chi connectivity index (χ1v) is 8.19. The Kier molecular flexibility index (Phi) is 5.22. The topological polar surface area (TPSA) is 29.3 Å². The van der Waals surface area contributed by atoms with Crippen molar-refractivity contribution in [1.82, 2.24) is 0 Å². The molecule has 0 amide bonds. The third-order valence-corrected chi connectivity index (χ3v) is 4.67. The second-order valence-corrected chi connectivity index (χ2v) is 6.45. The number of nitrogens with zero attached hydrogens (tertiary/aromatic N) is 1. The number of benzene rings is 1. The third kappa shape index (κ3) is 3.48. The highest BCUT2D eigenvalue weighted by molar-refractivity contribution is 9.10. The number of rotatable bonds is 4. The van der Waals surface area contributed by atoms with Gasteiger partial charge in [-0.3, -0.25) is 0 Å². The van der Waals surface area contributed by atoms with Crippen molar-refractivity contribution in [3.05, 3.63) is 28.2 Å². The van der Waals surface area contributed by atoms with Crippen molar-refractivity contribution in [3.63, 3.8) is 0 Å². The molecule has 0 radical (unpaired) electrons. The van der Waals surface area contributed by atoms with E-state index in [-0.39, 0.29) is 0 Å². The van der Waals surface area contributed by atoms with Crippen molar-refractivity contribution >= 4 is 38.8 Å². The highest BCUT2D eigenvalue weighted by atomic mass is 79.9. The summed E-state index contributed by atoms with van der Waals surface area (Å²) in [5.74, 6) is 0. The maximum atomic E-state index is 5.71. The monoisotopic (exact) mass is 340 g/mol. The van der Waals surface area contributed by atoms with Crippen LogP contribution in [0.25, 0.3) is 0 Å². The standard InChI is InChI=1S/C15H21BrN2S/c1-2-5-11-6-3-4-9-18(11)12-7-8-13(15(17)19)14(16)10-12/h7-8,10-11H,2-6,9H2,1H3,(H2,17,19). The number of thiocarbonyl (C=S) groups is 1. The van der Waals surface area contributed by atoms with Gasteiger partial charge in [0.25, 0.3) is 0 Å². The molecule has 0 bridgehead atoms. The molecule has 1 atom stereocenters. The molecular weight excluding hydrogens is 320 g/mol. The number of piperidine rings is 1. The molecule has 1 aliphatic rings. The van der Waals surface area contributed by atoms with Crippen LogP contribution < -0.4 is 10.6 Å². The van der Waals surface area contributed by atoms with Crippen molar-refractivity contribution in [1.29, 1.82) is 0 Å². The largest absolute Gasteiger partial charge is 0.389 e. The van der Waals surface area contributed by atoms with Gasteiger partial charge in [-0.15, -0.1) is 0 Å². The lowest BCUT2D eigenvalue weighted by atomic mass is 9.97. The molecule has 4 heteroatoms. The van der Waals surface area contributed by atoms with Crippen LogP contribution in [0, 0.1) is 0 Å². The van der Waals surface area contributed by atoms with Gasteiger partial charge in [0.05, 0.1) is 0 Å². The van der Waals surface area contributed by atoms with E-state index in [1.165, 1.54) is 37.8 Å². The van der Waals surface area contributed by atoms with Gasteiger partial charge in [0.2, 0.25) is 0 Å². The van der Waals surface area contributed by atoms with E-state index in [1.807, 2.05) is 6.07 Å². The number of hydrogen-bond donors (Lipinski definition) is 1. The maximum Gasteiger partial charge on any atom is 0.105 e. The predicted molar refractivity (Wildman–Crippen MR) is 89.9 cm³/mol. The SMILES string of the molecule is CCCC1CCCCN1c1ccc(C(N)=S)c(Br)c1. The Morgan fingerprint density at radius 1 is 1.47 bits per heavy atom. The molecule has 1 unspecified atom stereocenters. The van der Waals surface area contributed by atoms with Gasteiger partial charge < -0.3 is 10.6 Å². The van der Waals surface area contributed by atoms with Crippen molar-refractivity contribution in [2.24, 2.45) is 5.73 Å². The Bertz CT molecular complexity index is 459. The lowest BCUT2D eigenvalue weighted by Crippen LogP contribution is -2.39. The van der Waals surface area contributed by atoms with E-state index in [1.54, 1.807) is 0 Å². The highest BCUT2D eigenvalue weighted by Gasteiger charge is 2.22. The molecule has 2 rings (SSSR count). The van der Waals surface area contributed by atoms with Crippen LogP contribution in [0.1, 0.15) is 44.6 Å². The van der Waals surface area contributed by atoms with Gasteiger partial charge in [0.15, 0.2) is 0 Å². The van der Waals surface area contributed by atoms with E-state index in [0.717, 1.165) is 16.6 Å². The van der Waals surface area contributed by atoms with Gasteiger partial charge >= 0.3 is 0 Å². The fourth-order valence-electron chi connectivity index (χ4n) is 2.86. The highest BCUT2D eigenvalue weighted by Crippen LogP contribution is 2.30. The first-order chi connectivity index (χ1) is 9.13. The van der Waals surface area contributed by atoms with Gasteiger partial charge in [-0.2, -0.15) is 0 Å². The van der Waals surface area contributed by atoms with Gasteiger partial charge in [-0.05, 0) is 59.8 Å². The minimum Gasteiger partial charge on any atom is -0.389 e. The average Bonchev–Trinajstić information content (AvgIpc) is 2.39. The van der Waals surface area contributed by atoms with E-state index in [2.05, 4.69) is 39.9 Å². The van der Waals surface area contributed by atoms with Crippen LogP contribution >= 0.6 is 28.1 Å². The molecule has 1 fully saturated rings. The Balaban J connectivity index is 2.24. The lowest BCUT2D eigenvalue weighted by molar-refractivity contribution is 0.435. The molecule has 19 heavy (non-hydrogen) atoms. The van der Waals surface area contributed by atoms with E-state index in [4.69, 9.17) is 18.0 Å². The summed E-state index contributed by atoms with van der Waals surface area (Å²) in [4.78, 5) is 2.99. The van der Waals surface area contributed by atoms with Crippen molar-refractivity contribution in [2.75, 3.05) is 11.4 Å². The van der Waals surface area contributed by atoms with Crippen LogP contribution in [-0.2, 0) is 0 Å². The first kappa shape index (κ1) is 14.8. The van der Waals surface area contributed by atoms with Gasteiger partial charge in [-0.1, -0.05) is 25.6 Å². The fourth-order valence-corrected chi connectivity index (χ4v) is 3.75. The van der Waals surface area contributed by atoms with Gasteiger partial charge in [-0.25, -0.2) is 0 Å². The quantitative estimate of drug-likeness (QED) is 0.831. The minimum absolute atomic E-state index is 0.446. The van der Waals surface area contributed by atoms with Crippen LogP contribution in [0.3, 0.4) is 0 Å². The number of hydrogen-bond acceptors (Lipinski definition) is 2. The summed E-state index contributed by atoms with van der Waals surface area (Å²) in [7, 11) is 0. The molecule has 1 aromatic carbocycles. The van der Waals surface area contributed by atoms with E-state index in [9.17, 15) is 0 Å². The molecule has 1 aromatic rings. The van der Waals surface area contributed by atoms with Crippen molar-refractivity contribution in [2.45, 2.75) is 45.1 Å². The van der Waals surface area contributed by atoms with E-state index in [0.29, 0.717) is 11.0 Å². The molecule has 1 saturated heterocycles. The molecule has 0 aliphatic carbocycles. The Morgan fingerprint density at radius 2 is 2.26 bits per heavy atom. The summed E-state index contributed by atoms with van der Waals surface area (Å²) >= 11 is 8.63. The van der Waals surface area contributed by atoms with Crippen LogP contribution in [0.5, 0.6) is 0 Å². The van der Waals surface area contributed by atoms with Crippen LogP contribution in [-0.4, -0.2) is 17.6 Å². The Hall–Kier alpha value is -0.610. The summed E-state index contributed by atoms with van der Waals surface area (Å²) in [6, 6.07) is 7.01. The molecule has 2 nitrogen and oxygen atoms in total. The summed E-state index contributed by atoms with van der Waals surface area (Å²) in [6.45, 7) is 3.42. The molecule has 1 heterocycles. The smallest absolute Gasteiger partial charge is 0.105 e. The second-order valence-electron chi connectivity index (χ2n) is 5.16. The summed E-state index contributed by atoms with van der Waals surface area (Å²) in [5.41, 5.74) is 7.91. The van der Waals surface area contributed by atoms with Crippen LogP contribution in [0.2, 0.25) is 0 Å². The first-order valence-electron chi connectivity index (χ1n) is 6.99. The Morgan fingerprint density at radius 3 is 2.89 bits per heavy atom.